The van der Waals surface area contributed by atoms with E-state index in [1.807, 2.05) is 0 Å². The van der Waals surface area contributed by atoms with Gasteiger partial charge in [-0.15, -0.1) is 0 Å². The lowest BCUT2D eigenvalue weighted by Gasteiger charge is -2.09. The fourth-order valence-electron chi connectivity index (χ4n) is 0.925. The van der Waals surface area contributed by atoms with E-state index < -0.39 is 18.9 Å². The van der Waals surface area contributed by atoms with Crippen LogP contribution in [0.2, 0.25) is 0 Å². The highest BCUT2D eigenvalue weighted by Crippen LogP contribution is 2.30. The van der Waals surface area contributed by atoms with E-state index in [9.17, 15) is 13.2 Å². The zero-order valence-electron chi connectivity index (χ0n) is 6.72. The maximum absolute atomic E-state index is 12.2. The molecule has 0 spiro atoms. The molecule has 0 aliphatic rings. The molecule has 0 aliphatic heterocycles. The highest BCUT2D eigenvalue weighted by molar-refractivity contribution is 9.10. The average molecular weight is 269 g/mol. The van der Waals surface area contributed by atoms with Gasteiger partial charge >= 0.3 is 13.3 Å². The lowest BCUT2D eigenvalue weighted by Crippen LogP contribution is -2.30. The van der Waals surface area contributed by atoms with E-state index in [0.29, 0.717) is 6.07 Å². The van der Waals surface area contributed by atoms with Crippen LogP contribution < -0.4 is 5.46 Å². The Morgan fingerprint density at radius 2 is 1.71 bits per heavy atom. The second kappa shape index (κ2) is 3.92. The molecule has 1 aromatic rings. The van der Waals surface area contributed by atoms with Gasteiger partial charge in [0.15, 0.2) is 0 Å². The monoisotopic (exact) mass is 268 g/mol. The molecule has 0 bridgehead atoms. The van der Waals surface area contributed by atoms with Gasteiger partial charge in [-0.05, 0) is 17.6 Å². The number of halogens is 4. The van der Waals surface area contributed by atoms with Crippen LogP contribution in [-0.4, -0.2) is 17.2 Å². The van der Waals surface area contributed by atoms with Gasteiger partial charge in [0, 0.05) is 4.47 Å². The fraction of sp³-hybridized carbons (Fsp3) is 0.143. The third-order valence-corrected chi connectivity index (χ3v) is 2.00. The Labute approximate surface area is 86.6 Å². The summed E-state index contributed by atoms with van der Waals surface area (Å²) in [6.45, 7) is 0. The van der Waals surface area contributed by atoms with Crippen molar-refractivity contribution < 1.29 is 23.2 Å². The van der Waals surface area contributed by atoms with Gasteiger partial charge in [-0.2, -0.15) is 13.2 Å². The molecule has 0 heterocycles. The van der Waals surface area contributed by atoms with E-state index in [1.54, 1.807) is 0 Å². The molecule has 0 radical (unpaired) electrons. The summed E-state index contributed by atoms with van der Waals surface area (Å²) in [5.41, 5.74) is -1.12. The Bertz CT molecular complexity index is 340. The molecule has 0 fully saturated rings. The van der Waals surface area contributed by atoms with Crippen LogP contribution in [0.1, 0.15) is 5.56 Å². The smallest absolute Gasteiger partial charge is 0.423 e. The minimum atomic E-state index is -4.49. The molecule has 0 unspecified atom stereocenters. The fourth-order valence-corrected chi connectivity index (χ4v) is 1.44. The van der Waals surface area contributed by atoms with Crippen LogP contribution in [0.25, 0.3) is 0 Å². The van der Waals surface area contributed by atoms with E-state index >= 15 is 0 Å². The SMILES string of the molecule is OB(O)c1cc(Br)cc(C(F)(F)F)c1. The quantitative estimate of drug-likeness (QED) is 0.750. The maximum atomic E-state index is 12.2. The molecular formula is C7H5BBrF3O2. The predicted molar refractivity (Wildman–Crippen MR) is 49.0 cm³/mol. The number of alkyl halides is 3. The van der Waals surface area contributed by atoms with Crippen LogP contribution >= 0.6 is 15.9 Å². The normalized spacial score (nSPS) is 11.6. The Kier molecular flexibility index (Phi) is 3.23. The summed E-state index contributed by atoms with van der Waals surface area (Å²) in [5, 5.41) is 17.4. The zero-order chi connectivity index (χ0) is 10.9. The average Bonchev–Trinajstić information content (AvgIpc) is 2.01. The van der Waals surface area contributed by atoms with Crippen LogP contribution in [0.3, 0.4) is 0 Å². The minimum absolute atomic E-state index is 0.149. The van der Waals surface area contributed by atoms with Crippen molar-refractivity contribution in [2.75, 3.05) is 0 Å². The maximum Gasteiger partial charge on any atom is 0.488 e. The largest absolute Gasteiger partial charge is 0.488 e. The number of hydrogen-bond acceptors (Lipinski definition) is 2. The van der Waals surface area contributed by atoms with Crippen molar-refractivity contribution in [3.63, 3.8) is 0 Å². The van der Waals surface area contributed by atoms with E-state index in [2.05, 4.69) is 15.9 Å². The molecule has 0 amide bonds. The molecular weight excluding hydrogens is 264 g/mol. The van der Waals surface area contributed by atoms with Crippen molar-refractivity contribution in [2.45, 2.75) is 6.18 Å². The van der Waals surface area contributed by atoms with Gasteiger partial charge in [-0.3, -0.25) is 0 Å². The summed E-state index contributed by atoms with van der Waals surface area (Å²) in [7, 11) is -1.91. The highest BCUT2D eigenvalue weighted by Gasteiger charge is 2.31. The molecule has 0 atom stereocenters. The third-order valence-electron chi connectivity index (χ3n) is 1.55. The lowest BCUT2D eigenvalue weighted by atomic mass is 9.79. The Morgan fingerprint density at radius 3 is 2.14 bits per heavy atom. The molecule has 2 N–H and O–H groups in total. The summed E-state index contributed by atoms with van der Waals surface area (Å²) >= 11 is 2.85. The van der Waals surface area contributed by atoms with Crippen molar-refractivity contribution in [3.05, 3.63) is 28.2 Å². The second-order valence-corrected chi connectivity index (χ2v) is 3.56. The van der Waals surface area contributed by atoms with Crippen molar-refractivity contribution in [3.8, 4) is 0 Å². The first-order chi connectivity index (χ1) is 6.30. The molecule has 0 aromatic heterocycles. The Morgan fingerprint density at radius 1 is 1.14 bits per heavy atom. The molecule has 1 aromatic carbocycles. The van der Waals surface area contributed by atoms with Crippen LogP contribution in [0.4, 0.5) is 13.2 Å². The number of benzene rings is 1. The zero-order valence-corrected chi connectivity index (χ0v) is 8.30. The van der Waals surface area contributed by atoms with Gasteiger partial charge in [0.05, 0.1) is 5.56 Å². The predicted octanol–water partition coefficient (Wildman–Crippen LogP) is 1.15. The summed E-state index contributed by atoms with van der Waals surface area (Å²) in [4.78, 5) is 0. The molecule has 0 saturated carbocycles. The lowest BCUT2D eigenvalue weighted by molar-refractivity contribution is -0.137. The second-order valence-electron chi connectivity index (χ2n) is 2.64. The molecule has 76 valence electrons. The summed E-state index contributed by atoms with van der Waals surface area (Å²) in [5.74, 6) is 0. The van der Waals surface area contributed by atoms with Gasteiger partial charge in [0.2, 0.25) is 0 Å². The standard InChI is InChI=1S/C7H5BBrF3O2/c9-6-2-4(7(10,11)12)1-5(3-6)8(13)14/h1-3,13-14H. The van der Waals surface area contributed by atoms with Crippen LogP contribution in [-0.2, 0) is 6.18 Å². The van der Waals surface area contributed by atoms with Gasteiger partial charge in [-0.1, -0.05) is 22.0 Å². The molecule has 0 saturated heterocycles. The Hall–Kier alpha value is -0.525. The summed E-state index contributed by atoms with van der Waals surface area (Å²) in [6, 6.07) is 2.77. The van der Waals surface area contributed by atoms with E-state index in [0.717, 1.165) is 6.07 Å². The molecule has 7 heteroatoms. The minimum Gasteiger partial charge on any atom is -0.423 e. The first-order valence-corrected chi connectivity index (χ1v) is 4.34. The van der Waals surface area contributed by atoms with E-state index in [1.165, 1.54) is 6.07 Å². The van der Waals surface area contributed by atoms with Gasteiger partial charge in [0.1, 0.15) is 0 Å². The van der Waals surface area contributed by atoms with Crippen LogP contribution in [0, 0.1) is 0 Å². The van der Waals surface area contributed by atoms with E-state index in [4.69, 9.17) is 10.0 Å². The Balaban J connectivity index is 3.21. The summed E-state index contributed by atoms with van der Waals surface area (Å²) in [6.07, 6.45) is -4.49. The summed E-state index contributed by atoms with van der Waals surface area (Å²) < 4.78 is 36.8. The highest BCUT2D eigenvalue weighted by atomic mass is 79.9. The first kappa shape index (κ1) is 11.5. The van der Waals surface area contributed by atoms with Crippen molar-refractivity contribution >= 4 is 28.5 Å². The van der Waals surface area contributed by atoms with Gasteiger partial charge in [0.25, 0.3) is 0 Å². The molecule has 0 aliphatic carbocycles. The first-order valence-electron chi connectivity index (χ1n) is 3.54. The van der Waals surface area contributed by atoms with Crippen LogP contribution in [0.5, 0.6) is 0 Å². The van der Waals surface area contributed by atoms with Crippen LogP contribution in [0.15, 0.2) is 22.7 Å². The van der Waals surface area contributed by atoms with Crippen molar-refractivity contribution in [1.29, 1.82) is 0 Å². The molecule has 1 rings (SSSR count). The van der Waals surface area contributed by atoms with Gasteiger partial charge < -0.3 is 10.0 Å². The van der Waals surface area contributed by atoms with E-state index in [-0.39, 0.29) is 9.94 Å². The topological polar surface area (TPSA) is 40.5 Å². The third kappa shape index (κ3) is 2.73. The van der Waals surface area contributed by atoms with Crippen molar-refractivity contribution in [2.24, 2.45) is 0 Å². The van der Waals surface area contributed by atoms with Gasteiger partial charge in [-0.25, -0.2) is 0 Å². The number of rotatable bonds is 1. The number of hydrogen-bond donors (Lipinski definition) is 2. The van der Waals surface area contributed by atoms with Crippen molar-refractivity contribution in [1.82, 2.24) is 0 Å². The molecule has 2 nitrogen and oxygen atoms in total. The molecule has 14 heavy (non-hydrogen) atoms.